The zero-order chi connectivity index (χ0) is 10.8. The summed E-state index contributed by atoms with van der Waals surface area (Å²) in [6.45, 7) is 1.98. The van der Waals surface area contributed by atoms with Gasteiger partial charge in [0, 0.05) is 25.6 Å². The van der Waals surface area contributed by atoms with Crippen LogP contribution in [0, 0.1) is 5.92 Å². The minimum Gasteiger partial charge on any atom is -0.396 e. The number of aliphatic hydroxyl groups excluding tert-OH is 1. The number of benzene rings is 1. The smallest absolute Gasteiger partial charge is 0.0745 e. The van der Waals surface area contributed by atoms with Gasteiger partial charge in [0.05, 0.1) is 15.7 Å². The maximum atomic E-state index is 9.08. The molecule has 0 radical (unpaired) electrons. The number of rotatable bonds is 2. The van der Waals surface area contributed by atoms with Crippen LogP contribution in [0.15, 0.2) is 18.2 Å². The van der Waals surface area contributed by atoms with Crippen molar-refractivity contribution in [2.45, 2.75) is 6.42 Å². The van der Waals surface area contributed by atoms with Gasteiger partial charge in [-0.25, -0.2) is 0 Å². The standard InChI is InChI=1S/C11H13Cl2NO/c12-9-2-1-3-10(13)11(9)14-5-4-8(6-14)7-15/h1-3,8,15H,4-7H2. The van der Waals surface area contributed by atoms with Gasteiger partial charge in [0.15, 0.2) is 0 Å². The lowest BCUT2D eigenvalue weighted by atomic mass is 10.1. The molecule has 1 fully saturated rings. The van der Waals surface area contributed by atoms with Gasteiger partial charge in [0.1, 0.15) is 0 Å². The van der Waals surface area contributed by atoms with E-state index < -0.39 is 0 Å². The van der Waals surface area contributed by atoms with Crippen LogP contribution in [0.4, 0.5) is 5.69 Å². The molecular formula is C11H13Cl2NO. The van der Waals surface area contributed by atoms with Crippen molar-refractivity contribution >= 4 is 28.9 Å². The number of anilines is 1. The van der Waals surface area contributed by atoms with Crippen molar-refractivity contribution in [3.05, 3.63) is 28.2 Å². The molecule has 82 valence electrons. The Kier molecular flexibility index (Phi) is 3.39. The first kappa shape index (κ1) is 11.1. The molecular weight excluding hydrogens is 233 g/mol. The lowest BCUT2D eigenvalue weighted by molar-refractivity contribution is 0.238. The molecule has 0 saturated carbocycles. The molecule has 1 aliphatic heterocycles. The molecule has 15 heavy (non-hydrogen) atoms. The second-order valence-electron chi connectivity index (χ2n) is 3.85. The summed E-state index contributed by atoms with van der Waals surface area (Å²) < 4.78 is 0. The largest absolute Gasteiger partial charge is 0.396 e. The summed E-state index contributed by atoms with van der Waals surface area (Å²) in [5.74, 6) is 0.345. The molecule has 0 bridgehead atoms. The zero-order valence-electron chi connectivity index (χ0n) is 8.29. The van der Waals surface area contributed by atoms with Crippen molar-refractivity contribution in [2.24, 2.45) is 5.92 Å². The topological polar surface area (TPSA) is 23.5 Å². The van der Waals surface area contributed by atoms with Crippen LogP contribution in [0.5, 0.6) is 0 Å². The van der Waals surface area contributed by atoms with E-state index in [9.17, 15) is 0 Å². The van der Waals surface area contributed by atoms with E-state index in [4.69, 9.17) is 28.3 Å². The van der Waals surface area contributed by atoms with E-state index in [0.717, 1.165) is 25.2 Å². The van der Waals surface area contributed by atoms with Gasteiger partial charge in [0.25, 0.3) is 0 Å². The van der Waals surface area contributed by atoms with E-state index in [-0.39, 0.29) is 6.61 Å². The van der Waals surface area contributed by atoms with Gasteiger partial charge in [-0.1, -0.05) is 29.3 Å². The van der Waals surface area contributed by atoms with Crippen LogP contribution in [0.2, 0.25) is 10.0 Å². The van der Waals surface area contributed by atoms with Crippen molar-refractivity contribution in [1.29, 1.82) is 0 Å². The Balaban J connectivity index is 2.23. The minimum atomic E-state index is 0.235. The fourth-order valence-corrected chi connectivity index (χ4v) is 2.61. The van der Waals surface area contributed by atoms with Gasteiger partial charge in [-0.2, -0.15) is 0 Å². The number of hydrogen-bond donors (Lipinski definition) is 1. The fraction of sp³-hybridized carbons (Fsp3) is 0.455. The highest BCUT2D eigenvalue weighted by molar-refractivity contribution is 6.39. The molecule has 0 aromatic heterocycles. The van der Waals surface area contributed by atoms with Crippen LogP contribution in [-0.2, 0) is 0 Å². The highest BCUT2D eigenvalue weighted by atomic mass is 35.5. The van der Waals surface area contributed by atoms with Crippen molar-refractivity contribution in [3.63, 3.8) is 0 Å². The van der Waals surface area contributed by atoms with Crippen molar-refractivity contribution in [1.82, 2.24) is 0 Å². The summed E-state index contributed by atoms with van der Waals surface area (Å²) in [5, 5.41) is 10.4. The number of nitrogens with zero attached hydrogens (tertiary/aromatic N) is 1. The third-order valence-electron chi connectivity index (χ3n) is 2.80. The molecule has 4 heteroatoms. The number of hydrogen-bond acceptors (Lipinski definition) is 2. The summed E-state index contributed by atoms with van der Waals surface area (Å²) in [7, 11) is 0. The first-order valence-corrected chi connectivity index (χ1v) is 5.77. The van der Waals surface area contributed by atoms with Crippen molar-refractivity contribution in [3.8, 4) is 0 Å². The highest BCUT2D eigenvalue weighted by Gasteiger charge is 2.24. The van der Waals surface area contributed by atoms with Gasteiger partial charge >= 0.3 is 0 Å². The summed E-state index contributed by atoms with van der Waals surface area (Å²) in [6, 6.07) is 5.53. The van der Waals surface area contributed by atoms with Crippen LogP contribution >= 0.6 is 23.2 Å². The normalized spacial score (nSPS) is 21.0. The molecule has 1 heterocycles. The van der Waals surface area contributed by atoms with E-state index in [1.54, 1.807) is 0 Å². The molecule has 1 unspecified atom stereocenters. The maximum absolute atomic E-state index is 9.08. The number of para-hydroxylation sites is 1. The average molecular weight is 246 g/mol. The molecule has 1 saturated heterocycles. The Morgan fingerprint density at radius 3 is 2.53 bits per heavy atom. The van der Waals surface area contributed by atoms with Crippen molar-refractivity contribution in [2.75, 3.05) is 24.6 Å². The lowest BCUT2D eigenvalue weighted by Crippen LogP contribution is -2.21. The van der Waals surface area contributed by atoms with Gasteiger partial charge in [0.2, 0.25) is 0 Å². The quantitative estimate of drug-likeness (QED) is 0.867. The Morgan fingerprint density at radius 2 is 2.00 bits per heavy atom. The van der Waals surface area contributed by atoms with E-state index in [0.29, 0.717) is 16.0 Å². The number of aliphatic hydroxyl groups is 1. The summed E-state index contributed by atoms with van der Waals surface area (Å²) >= 11 is 12.2. The van der Waals surface area contributed by atoms with Gasteiger partial charge in [-0.15, -0.1) is 0 Å². The monoisotopic (exact) mass is 245 g/mol. The minimum absolute atomic E-state index is 0.235. The molecule has 2 rings (SSSR count). The third-order valence-corrected chi connectivity index (χ3v) is 3.41. The molecule has 1 aromatic rings. The van der Waals surface area contributed by atoms with Crippen LogP contribution < -0.4 is 4.90 Å². The van der Waals surface area contributed by atoms with Gasteiger partial charge in [-0.05, 0) is 18.6 Å². The Morgan fingerprint density at radius 1 is 1.33 bits per heavy atom. The van der Waals surface area contributed by atoms with Crippen LogP contribution in [0.3, 0.4) is 0 Å². The van der Waals surface area contributed by atoms with E-state index in [2.05, 4.69) is 4.90 Å². The fourth-order valence-electron chi connectivity index (χ4n) is 1.98. The van der Waals surface area contributed by atoms with Crippen molar-refractivity contribution < 1.29 is 5.11 Å². The molecule has 0 spiro atoms. The van der Waals surface area contributed by atoms with E-state index in [1.165, 1.54) is 0 Å². The third kappa shape index (κ3) is 2.22. The molecule has 1 N–H and O–H groups in total. The summed E-state index contributed by atoms with van der Waals surface area (Å²) in [5.41, 5.74) is 0.900. The maximum Gasteiger partial charge on any atom is 0.0745 e. The lowest BCUT2D eigenvalue weighted by Gasteiger charge is -2.21. The van der Waals surface area contributed by atoms with E-state index in [1.807, 2.05) is 18.2 Å². The first-order valence-electron chi connectivity index (χ1n) is 5.02. The molecule has 1 atom stereocenters. The molecule has 0 amide bonds. The zero-order valence-corrected chi connectivity index (χ0v) is 9.80. The predicted octanol–water partition coefficient (Wildman–Crippen LogP) is 2.81. The second kappa shape index (κ2) is 4.60. The molecule has 1 aliphatic rings. The first-order chi connectivity index (χ1) is 7.22. The summed E-state index contributed by atoms with van der Waals surface area (Å²) in [4.78, 5) is 2.14. The SMILES string of the molecule is OCC1CCN(c2c(Cl)cccc2Cl)C1. The highest BCUT2D eigenvalue weighted by Crippen LogP contribution is 2.36. The Hall–Kier alpha value is -0.440. The molecule has 1 aromatic carbocycles. The van der Waals surface area contributed by atoms with Crippen LogP contribution in [0.25, 0.3) is 0 Å². The predicted molar refractivity (Wildman–Crippen MR) is 63.9 cm³/mol. The Labute approximate surface area is 99.4 Å². The van der Waals surface area contributed by atoms with Crippen LogP contribution in [0.1, 0.15) is 6.42 Å². The van der Waals surface area contributed by atoms with Crippen LogP contribution in [-0.4, -0.2) is 24.8 Å². The Bertz CT molecular complexity index is 336. The van der Waals surface area contributed by atoms with Gasteiger partial charge in [-0.3, -0.25) is 0 Å². The summed E-state index contributed by atoms with van der Waals surface area (Å²) in [6.07, 6.45) is 0.998. The number of halogens is 2. The molecule has 0 aliphatic carbocycles. The molecule has 2 nitrogen and oxygen atoms in total. The van der Waals surface area contributed by atoms with E-state index >= 15 is 0 Å². The average Bonchev–Trinajstić information content (AvgIpc) is 2.66. The van der Waals surface area contributed by atoms with Gasteiger partial charge < -0.3 is 10.0 Å². The second-order valence-corrected chi connectivity index (χ2v) is 4.67.